The number of hydrogen-bond acceptors (Lipinski definition) is 4. The number of carbonyl (C=O) groups excluding carboxylic acids is 1. The van der Waals surface area contributed by atoms with Gasteiger partial charge in [0.1, 0.15) is 0 Å². The number of para-hydroxylation sites is 2. The first-order valence-electron chi connectivity index (χ1n) is 9.45. The van der Waals surface area contributed by atoms with E-state index in [0.717, 1.165) is 34.9 Å². The summed E-state index contributed by atoms with van der Waals surface area (Å²) in [6.45, 7) is 7.10. The minimum absolute atomic E-state index is 0.0645. The molecular formula is C20H26N4O3. The van der Waals surface area contributed by atoms with E-state index in [4.69, 9.17) is 9.47 Å². The molecule has 4 rings (SSSR count). The number of amides is 2. The number of urea groups is 1. The molecule has 1 unspecified atom stereocenters. The van der Waals surface area contributed by atoms with Gasteiger partial charge in [0.25, 0.3) is 5.79 Å². The van der Waals surface area contributed by atoms with Crippen LogP contribution in [0.5, 0.6) is 11.5 Å². The number of likely N-dealkylation sites (tertiary alicyclic amines) is 1. The zero-order valence-corrected chi connectivity index (χ0v) is 16.3. The van der Waals surface area contributed by atoms with Crippen molar-refractivity contribution >= 4 is 6.03 Å². The third-order valence-electron chi connectivity index (χ3n) is 5.54. The summed E-state index contributed by atoms with van der Waals surface area (Å²) < 4.78 is 13.9. The van der Waals surface area contributed by atoms with Gasteiger partial charge < -0.3 is 19.7 Å². The van der Waals surface area contributed by atoms with E-state index in [2.05, 4.69) is 17.3 Å². The summed E-state index contributed by atoms with van der Waals surface area (Å²) in [6, 6.07) is 7.48. The van der Waals surface area contributed by atoms with E-state index < -0.39 is 5.79 Å². The van der Waals surface area contributed by atoms with Gasteiger partial charge in [0, 0.05) is 31.3 Å². The molecule has 1 aromatic carbocycles. The Labute approximate surface area is 159 Å². The summed E-state index contributed by atoms with van der Waals surface area (Å²) in [4.78, 5) is 14.7. The van der Waals surface area contributed by atoms with Crippen molar-refractivity contribution in [2.75, 3.05) is 13.1 Å². The van der Waals surface area contributed by atoms with Crippen molar-refractivity contribution in [1.29, 1.82) is 0 Å². The Morgan fingerprint density at radius 3 is 2.52 bits per heavy atom. The number of benzene rings is 1. The Kier molecular flexibility index (Phi) is 4.25. The number of carbonyl (C=O) groups is 1. The van der Waals surface area contributed by atoms with Gasteiger partial charge in [0.15, 0.2) is 11.5 Å². The van der Waals surface area contributed by atoms with Crippen LogP contribution in [-0.4, -0.2) is 39.6 Å². The molecule has 2 aromatic rings. The fraction of sp³-hybridized carbons (Fsp3) is 0.500. The molecule has 7 nitrogen and oxygen atoms in total. The van der Waals surface area contributed by atoms with E-state index in [1.54, 1.807) is 4.90 Å². The average Bonchev–Trinajstić information content (AvgIpc) is 3.29. The summed E-state index contributed by atoms with van der Waals surface area (Å²) in [6.07, 6.45) is 1.45. The maximum absolute atomic E-state index is 12.9. The first-order chi connectivity index (χ1) is 12.9. The van der Waals surface area contributed by atoms with Crippen molar-refractivity contribution < 1.29 is 14.3 Å². The quantitative estimate of drug-likeness (QED) is 0.902. The van der Waals surface area contributed by atoms with Gasteiger partial charge in [-0.2, -0.15) is 5.10 Å². The molecule has 1 aromatic heterocycles. The Morgan fingerprint density at radius 1 is 1.30 bits per heavy atom. The maximum atomic E-state index is 12.9. The molecule has 1 fully saturated rings. The topological polar surface area (TPSA) is 68.6 Å². The van der Waals surface area contributed by atoms with Gasteiger partial charge in [-0.05, 0) is 32.4 Å². The summed E-state index contributed by atoms with van der Waals surface area (Å²) in [5, 5.41) is 7.65. The van der Waals surface area contributed by atoms with Crippen LogP contribution in [0.4, 0.5) is 4.79 Å². The van der Waals surface area contributed by atoms with Crippen molar-refractivity contribution in [3.8, 4) is 11.5 Å². The predicted octanol–water partition coefficient (Wildman–Crippen LogP) is 3.07. The van der Waals surface area contributed by atoms with Crippen LogP contribution in [0.1, 0.15) is 42.8 Å². The number of aromatic nitrogens is 2. The maximum Gasteiger partial charge on any atom is 0.318 e. The second kappa shape index (κ2) is 6.48. The Balaban J connectivity index is 1.45. The molecule has 7 heteroatoms. The van der Waals surface area contributed by atoms with E-state index in [0.29, 0.717) is 19.5 Å². The zero-order valence-electron chi connectivity index (χ0n) is 16.3. The minimum Gasteiger partial charge on any atom is -0.447 e. The third kappa shape index (κ3) is 3.01. The lowest BCUT2D eigenvalue weighted by Gasteiger charge is -2.25. The fourth-order valence-corrected chi connectivity index (χ4v) is 4.05. The van der Waals surface area contributed by atoms with Crippen LogP contribution in [0.25, 0.3) is 0 Å². The van der Waals surface area contributed by atoms with Crippen LogP contribution in [0.3, 0.4) is 0 Å². The fourth-order valence-electron chi connectivity index (χ4n) is 4.05. The standard InChI is InChI=1S/C20H26N4O3/c1-5-15(18-13(2)22-23(4)14(18)3)21-19(25)24-11-10-20(12-24)26-16-8-6-7-9-17(16)27-20/h6-9,15H,5,10-12H2,1-4H3,(H,21,25). The molecule has 2 amide bonds. The van der Waals surface area contributed by atoms with Gasteiger partial charge in [0.05, 0.1) is 18.3 Å². The van der Waals surface area contributed by atoms with Gasteiger partial charge in [-0.25, -0.2) is 4.79 Å². The molecule has 1 N–H and O–H groups in total. The Hall–Kier alpha value is -2.70. The normalized spacial score (nSPS) is 18.1. The highest BCUT2D eigenvalue weighted by molar-refractivity contribution is 5.75. The van der Waals surface area contributed by atoms with Crippen molar-refractivity contribution in [2.45, 2.75) is 45.4 Å². The van der Waals surface area contributed by atoms with Crippen LogP contribution in [0, 0.1) is 13.8 Å². The lowest BCUT2D eigenvalue weighted by atomic mass is 10.0. The van der Waals surface area contributed by atoms with Gasteiger partial charge in [-0.1, -0.05) is 19.1 Å². The zero-order chi connectivity index (χ0) is 19.2. The van der Waals surface area contributed by atoms with E-state index in [1.807, 2.05) is 49.8 Å². The van der Waals surface area contributed by atoms with E-state index >= 15 is 0 Å². The van der Waals surface area contributed by atoms with Crippen LogP contribution >= 0.6 is 0 Å². The number of hydrogen-bond donors (Lipinski definition) is 1. The predicted molar refractivity (Wildman–Crippen MR) is 101 cm³/mol. The monoisotopic (exact) mass is 370 g/mol. The Bertz CT molecular complexity index is 851. The molecule has 0 radical (unpaired) electrons. The number of aryl methyl sites for hydroxylation is 2. The third-order valence-corrected chi connectivity index (χ3v) is 5.54. The lowest BCUT2D eigenvalue weighted by molar-refractivity contribution is -0.0650. The largest absolute Gasteiger partial charge is 0.447 e. The first-order valence-corrected chi connectivity index (χ1v) is 9.45. The number of nitrogens with zero attached hydrogens (tertiary/aromatic N) is 3. The van der Waals surface area contributed by atoms with Crippen LogP contribution < -0.4 is 14.8 Å². The summed E-state index contributed by atoms with van der Waals surface area (Å²) >= 11 is 0. The molecule has 0 bridgehead atoms. The second-order valence-corrected chi connectivity index (χ2v) is 7.35. The van der Waals surface area contributed by atoms with Crippen LogP contribution in [-0.2, 0) is 7.05 Å². The number of rotatable bonds is 3. The molecule has 27 heavy (non-hydrogen) atoms. The summed E-state index contributed by atoms with van der Waals surface area (Å²) in [5.41, 5.74) is 3.14. The van der Waals surface area contributed by atoms with Gasteiger partial charge in [-0.3, -0.25) is 4.68 Å². The molecule has 2 aliphatic rings. The molecular weight excluding hydrogens is 344 g/mol. The molecule has 2 aliphatic heterocycles. The van der Waals surface area contributed by atoms with Crippen LogP contribution in [0.15, 0.2) is 24.3 Å². The Morgan fingerprint density at radius 2 is 1.96 bits per heavy atom. The van der Waals surface area contributed by atoms with Crippen molar-refractivity contribution in [2.24, 2.45) is 7.05 Å². The number of nitrogens with one attached hydrogen (secondary N) is 1. The van der Waals surface area contributed by atoms with Gasteiger partial charge >= 0.3 is 6.03 Å². The van der Waals surface area contributed by atoms with Gasteiger partial charge in [0.2, 0.25) is 0 Å². The average molecular weight is 370 g/mol. The highest BCUT2D eigenvalue weighted by Gasteiger charge is 2.48. The highest BCUT2D eigenvalue weighted by Crippen LogP contribution is 2.42. The second-order valence-electron chi connectivity index (χ2n) is 7.35. The highest BCUT2D eigenvalue weighted by atomic mass is 16.7. The SMILES string of the molecule is CCC(NC(=O)N1CCC2(C1)Oc1ccccc1O2)c1c(C)nn(C)c1C. The molecule has 0 saturated carbocycles. The van der Waals surface area contributed by atoms with Crippen molar-refractivity contribution in [1.82, 2.24) is 20.0 Å². The molecule has 0 aliphatic carbocycles. The first kappa shape index (κ1) is 17.7. The van der Waals surface area contributed by atoms with E-state index in [9.17, 15) is 4.79 Å². The van der Waals surface area contributed by atoms with Crippen LogP contribution in [0.2, 0.25) is 0 Å². The van der Waals surface area contributed by atoms with E-state index in [-0.39, 0.29) is 12.1 Å². The van der Waals surface area contributed by atoms with Crippen molar-refractivity contribution in [3.63, 3.8) is 0 Å². The minimum atomic E-state index is -0.761. The summed E-state index contributed by atoms with van der Waals surface area (Å²) in [7, 11) is 1.93. The molecule has 3 heterocycles. The molecule has 144 valence electrons. The van der Waals surface area contributed by atoms with Crippen molar-refractivity contribution in [3.05, 3.63) is 41.2 Å². The number of fused-ring (bicyclic) bond motifs is 1. The molecule has 1 spiro atoms. The lowest BCUT2D eigenvalue weighted by Crippen LogP contribution is -2.46. The van der Waals surface area contributed by atoms with Gasteiger partial charge in [-0.15, -0.1) is 0 Å². The van der Waals surface area contributed by atoms with E-state index in [1.165, 1.54) is 0 Å². The smallest absolute Gasteiger partial charge is 0.318 e. The molecule has 1 saturated heterocycles. The molecule has 1 atom stereocenters. The number of ether oxygens (including phenoxy) is 2. The summed E-state index contributed by atoms with van der Waals surface area (Å²) in [5.74, 6) is 0.726.